The second-order valence-electron chi connectivity index (χ2n) is 5.98. The Morgan fingerprint density at radius 2 is 2.00 bits per heavy atom. The zero-order valence-corrected chi connectivity index (χ0v) is 13.8. The fraction of sp³-hybridized carbons (Fsp3) is 0.471. The third-order valence-corrected chi connectivity index (χ3v) is 3.65. The molecule has 1 aromatic carbocycles. The second-order valence-corrected chi connectivity index (χ2v) is 5.98. The van der Waals surface area contributed by atoms with Crippen molar-refractivity contribution in [1.29, 1.82) is 0 Å². The van der Waals surface area contributed by atoms with Gasteiger partial charge in [0.2, 0.25) is 0 Å². The summed E-state index contributed by atoms with van der Waals surface area (Å²) in [5, 5.41) is 3.20. The van der Waals surface area contributed by atoms with Gasteiger partial charge < -0.3 is 10.3 Å². The van der Waals surface area contributed by atoms with Gasteiger partial charge in [0.25, 0.3) is 11.5 Å². The van der Waals surface area contributed by atoms with Gasteiger partial charge in [-0.15, -0.1) is 0 Å². The van der Waals surface area contributed by atoms with Crippen molar-refractivity contribution in [3.05, 3.63) is 44.6 Å². The molecule has 2 N–H and O–H groups in total. The molecule has 1 aromatic heterocycles. The maximum Gasteiger partial charge on any atom is 0.328 e. The minimum Gasteiger partial charge on any atom is -0.350 e. The molecule has 23 heavy (non-hydrogen) atoms. The lowest BCUT2D eigenvalue weighted by Gasteiger charge is -2.10. The molecule has 2 rings (SSSR count). The van der Waals surface area contributed by atoms with Gasteiger partial charge in [0, 0.05) is 18.2 Å². The van der Waals surface area contributed by atoms with Crippen LogP contribution in [0.1, 0.15) is 50.4 Å². The quantitative estimate of drug-likeness (QED) is 0.799. The first-order valence-corrected chi connectivity index (χ1v) is 8.01. The second kappa shape index (κ2) is 7.26. The van der Waals surface area contributed by atoms with E-state index in [0.29, 0.717) is 23.0 Å². The van der Waals surface area contributed by atoms with Crippen LogP contribution in [0.2, 0.25) is 0 Å². The van der Waals surface area contributed by atoms with Crippen molar-refractivity contribution in [3.8, 4) is 0 Å². The highest BCUT2D eigenvalue weighted by atomic mass is 16.2. The van der Waals surface area contributed by atoms with Crippen LogP contribution < -0.4 is 16.6 Å². The first kappa shape index (κ1) is 17.0. The third-order valence-electron chi connectivity index (χ3n) is 3.65. The molecule has 1 amide bonds. The first-order chi connectivity index (χ1) is 10.9. The topological polar surface area (TPSA) is 84.0 Å². The Kier molecular flexibility index (Phi) is 5.36. The minimum atomic E-state index is -0.431. The van der Waals surface area contributed by atoms with Crippen LogP contribution in [0.15, 0.2) is 27.8 Å². The van der Waals surface area contributed by atoms with E-state index in [9.17, 15) is 14.4 Å². The monoisotopic (exact) mass is 317 g/mol. The smallest absolute Gasteiger partial charge is 0.328 e. The van der Waals surface area contributed by atoms with Gasteiger partial charge in [0.1, 0.15) is 0 Å². The van der Waals surface area contributed by atoms with Gasteiger partial charge in [-0.2, -0.15) is 0 Å². The average molecular weight is 317 g/mol. The molecule has 0 spiro atoms. The molecular weight excluding hydrogens is 294 g/mol. The molecule has 2 aromatic rings. The van der Waals surface area contributed by atoms with Crippen LogP contribution in [0, 0.1) is 0 Å². The number of nitrogens with zero attached hydrogens (tertiary/aromatic N) is 1. The molecular formula is C17H23N3O3. The Morgan fingerprint density at radius 1 is 1.26 bits per heavy atom. The maximum atomic E-state index is 12.4. The number of hydrogen-bond donors (Lipinski definition) is 2. The van der Waals surface area contributed by atoms with Crippen molar-refractivity contribution in [2.45, 2.75) is 52.6 Å². The number of nitrogens with one attached hydrogen (secondary N) is 2. The SMILES string of the molecule is CCCCCn1c(=O)[nH]c2cc(C(=O)NC(C)C)ccc2c1=O. The molecule has 0 saturated heterocycles. The van der Waals surface area contributed by atoms with Crippen molar-refractivity contribution in [2.24, 2.45) is 0 Å². The van der Waals surface area contributed by atoms with Crippen molar-refractivity contribution in [3.63, 3.8) is 0 Å². The van der Waals surface area contributed by atoms with Crippen LogP contribution in [-0.4, -0.2) is 21.5 Å². The molecule has 0 radical (unpaired) electrons. The van der Waals surface area contributed by atoms with Gasteiger partial charge in [0.05, 0.1) is 10.9 Å². The van der Waals surface area contributed by atoms with E-state index in [4.69, 9.17) is 0 Å². The van der Waals surface area contributed by atoms with Crippen molar-refractivity contribution in [1.82, 2.24) is 14.9 Å². The largest absolute Gasteiger partial charge is 0.350 e. The first-order valence-electron chi connectivity index (χ1n) is 8.01. The standard InChI is InChI=1S/C17H23N3O3/c1-4-5-6-9-20-16(22)13-8-7-12(15(21)18-11(2)3)10-14(13)19-17(20)23/h7-8,10-11H,4-6,9H2,1-3H3,(H,18,21)(H,19,23). The molecule has 0 atom stereocenters. The van der Waals surface area contributed by atoms with E-state index in [2.05, 4.69) is 17.2 Å². The van der Waals surface area contributed by atoms with E-state index >= 15 is 0 Å². The molecule has 6 nitrogen and oxygen atoms in total. The molecule has 1 heterocycles. The van der Waals surface area contributed by atoms with E-state index in [0.717, 1.165) is 19.3 Å². The van der Waals surface area contributed by atoms with Crippen molar-refractivity contribution in [2.75, 3.05) is 0 Å². The summed E-state index contributed by atoms with van der Waals surface area (Å²) in [5.74, 6) is -0.227. The summed E-state index contributed by atoms with van der Waals surface area (Å²) in [6.07, 6.45) is 2.78. The van der Waals surface area contributed by atoms with E-state index in [1.165, 1.54) is 4.57 Å². The van der Waals surface area contributed by atoms with Crippen LogP contribution in [0.3, 0.4) is 0 Å². The molecule has 0 unspecified atom stereocenters. The van der Waals surface area contributed by atoms with Crippen LogP contribution in [0.25, 0.3) is 10.9 Å². The number of carbonyl (C=O) groups excluding carboxylic acids is 1. The van der Waals surface area contributed by atoms with E-state index in [1.54, 1.807) is 18.2 Å². The number of carbonyl (C=O) groups is 1. The predicted molar refractivity (Wildman–Crippen MR) is 91.0 cm³/mol. The summed E-state index contributed by atoms with van der Waals surface area (Å²) in [6.45, 7) is 6.22. The number of H-pyrrole nitrogens is 1. The lowest BCUT2D eigenvalue weighted by molar-refractivity contribution is 0.0943. The van der Waals surface area contributed by atoms with Gasteiger partial charge in [-0.05, 0) is 38.5 Å². The Morgan fingerprint density at radius 3 is 2.65 bits per heavy atom. The molecule has 0 aliphatic carbocycles. The Labute approximate surface area is 134 Å². The Hall–Kier alpha value is -2.37. The van der Waals surface area contributed by atoms with Crippen LogP contribution in [0.5, 0.6) is 0 Å². The number of aromatic nitrogens is 2. The number of amides is 1. The number of benzene rings is 1. The molecule has 0 bridgehead atoms. The highest BCUT2D eigenvalue weighted by Gasteiger charge is 2.11. The lowest BCUT2D eigenvalue weighted by atomic mass is 10.1. The number of aromatic amines is 1. The molecule has 0 saturated carbocycles. The zero-order valence-electron chi connectivity index (χ0n) is 13.8. The lowest BCUT2D eigenvalue weighted by Crippen LogP contribution is -2.35. The van der Waals surface area contributed by atoms with Gasteiger partial charge in [-0.3, -0.25) is 14.2 Å². The molecule has 0 aliphatic heterocycles. The molecule has 0 fully saturated rings. The van der Waals surface area contributed by atoms with E-state index < -0.39 is 5.69 Å². The summed E-state index contributed by atoms with van der Waals surface area (Å²) < 4.78 is 1.23. The van der Waals surface area contributed by atoms with Gasteiger partial charge in [-0.1, -0.05) is 19.8 Å². The van der Waals surface area contributed by atoms with Crippen molar-refractivity contribution >= 4 is 16.8 Å². The Balaban J connectivity index is 2.42. The highest BCUT2D eigenvalue weighted by molar-refractivity contribution is 5.97. The number of fused-ring (bicyclic) bond motifs is 1. The molecule has 0 aliphatic rings. The van der Waals surface area contributed by atoms with Crippen LogP contribution >= 0.6 is 0 Å². The number of hydrogen-bond acceptors (Lipinski definition) is 3. The third kappa shape index (κ3) is 3.88. The maximum absolute atomic E-state index is 12.4. The van der Waals surface area contributed by atoms with E-state index in [-0.39, 0.29) is 17.5 Å². The number of rotatable bonds is 6. The average Bonchev–Trinajstić information content (AvgIpc) is 2.49. The fourth-order valence-corrected chi connectivity index (χ4v) is 2.46. The summed E-state index contributed by atoms with van der Waals surface area (Å²) >= 11 is 0. The Bertz CT molecular complexity index is 818. The highest BCUT2D eigenvalue weighted by Crippen LogP contribution is 2.09. The number of unbranched alkanes of at least 4 members (excludes halogenated alkanes) is 2. The molecule has 6 heteroatoms. The minimum absolute atomic E-state index is 0.0174. The van der Waals surface area contributed by atoms with Crippen molar-refractivity contribution < 1.29 is 4.79 Å². The summed E-state index contributed by atoms with van der Waals surface area (Å²) in [6, 6.07) is 4.77. The van der Waals surface area contributed by atoms with Gasteiger partial charge in [-0.25, -0.2) is 4.79 Å². The summed E-state index contributed by atoms with van der Waals surface area (Å²) in [7, 11) is 0. The van der Waals surface area contributed by atoms with Crippen LogP contribution in [0.4, 0.5) is 0 Å². The summed E-state index contributed by atoms with van der Waals surface area (Å²) in [5.41, 5.74) is 0.0730. The molecule has 124 valence electrons. The fourth-order valence-electron chi connectivity index (χ4n) is 2.46. The summed E-state index contributed by atoms with van der Waals surface area (Å²) in [4.78, 5) is 39.3. The zero-order chi connectivity index (χ0) is 17.0. The van der Waals surface area contributed by atoms with Gasteiger partial charge >= 0.3 is 5.69 Å². The normalized spacial score (nSPS) is 11.1. The van der Waals surface area contributed by atoms with Gasteiger partial charge in [0.15, 0.2) is 0 Å². The van der Waals surface area contributed by atoms with E-state index in [1.807, 2.05) is 13.8 Å². The predicted octanol–water partition coefficient (Wildman–Crippen LogP) is 2.02. The van der Waals surface area contributed by atoms with Crippen LogP contribution in [-0.2, 0) is 6.54 Å².